The number of nitrogens with one attached hydrogen (secondary N) is 1. The van der Waals surface area contributed by atoms with E-state index in [9.17, 15) is 9.90 Å². The lowest BCUT2D eigenvalue weighted by molar-refractivity contribution is -0.133. The van der Waals surface area contributed by atoms with Crippen molar-refractivity contribution in [3.63, 3.8) is 0 Å². The number of hydrogen-bond donors (Lipinski definition) is 3. The highest BCUT2D eigenvalue weighted by Crippen LogP contribution is 2.36. The molecule has 0 bridgehead atoms. The number of rotatable bonds is 0. The number of ether oxygens (including phenoxy) is 1. The van der Waals surface area contributed by atoms with Crippen LogP contribution in [0.5, 0.6) is 17.2 Å². The van der Waals surface area contributed by atoms with Crippen LogP contribution in [-0.4, -0.2) is 21.9 Å². The molecule has 1 heterocycles. The zero-order chi connectivity index (χ0) is 10.3. The Balaban J connectivity index is 2.64. The van der Waals surface area contributed by atoms with Crippen molar-refractivity contribution in [2.45, 2.75) is 6.42 Å². The monoisotopic (exact) mass is 193 g/mol. The number of benzene rings is 1. The van der Waals surface area contributed by atoms with Crippen molar-refractivity contribution in [2.75, 3.05) is 0 Å². The minimum atomic E-state index is -0.562. The molecule has 1 aliphatic heterocycles. The van der Waals surface area contributed by atoms with Gasteiger partial charge in [0.1, 0.15) is 17.2 Å². The molecule has 0 aliphatic carbocycles. The van der Waals surface area contributed by atoms with Crippen LogP contribution in [0, 0.1) is 5.41 Å². The highest BCUT2D eigenvalue weighted by molar-refractivity contribution is 6.13. The summed E-state index contributed by atoms with van der Waals surface area (Å²) < 4.78 is 4.76. The van der Waals surface area contributed by atoms with Crippen molar-refractivity contribution in [3.8, 4) is 17.2 Å². The van der Waals surface area contributed by atoms with Crippen molar-refractivity contribution in [1.29, 1.82) is 5.41 Å². The molecule has 5 heteroatoms. The highest BCUT2D eigenvalue weighted by Gasteiger charge is 2.25. The summed E-state index contributed by atoms with van der Waals surface area (Å²) in [6.45, 7) is 0. The van der Waals surface area contributed by atoms with Gasteiger partial charge in [-0.1, -0.05) is 0 Å². The van der Waals surface area contributed by atoms with E-state index in [4.69, 9.17) is 15.3 Å². The Morgan fingerprint density at radius 3 is 2.79 bits per heavy atom. The summed E-state index contributed by atoms with van der Waals surface area (Å²) in [6.07, 6.45) is -0.161. The minimum absolute atomic E-state index is 0.00579. The van der Waals surface area contributed by atoms with E-state index in [0.717, 1.165) is 6.07 Å². The summed E-state index contributed by atoms with van der Waals surface area (Å²) in [6, 6.07) is 2.30. The number of phenolic OH excluding ortho intramolecular Hbond substituents is 2. The van der Waals surface area contributed by atoms with Gasteiger partial charge in [0.2, 0.25) is 0 Å². The van der Waals surface area contributed by atoms with Crippen LogP contribution in [0.3, 0.4) is 0 Å². The van der Waals surface area contributed by atoms with E-state index in [1.807, 2.05) is 0 Å². The molecule has 2 rings (SSSR count). The van der Waals surface area contributed by atoms with Crippen LogP contribution < -0.4 is 4.74 Å². The fraction of sp³-hybridized carbons (Fsp3) is 0.111. The van der Waals surface area contributed by atoms with E-state index in [1.165, 1.54) is 6.07 Å². The third-order valence-corrected chi connectivity index (χ3v) is 1.91. The average Bonchev–Trinajstić information content (AvgIpc) is 1.99. The number of aromatic hydroxyl groups is 2. The normalized spacial score (nSPS) is 14.9. The number of esters is 1. The molecule has 3 N–H and O–H groups in total. The topological polar surface area (TPSA) is 90.6 Å². The van der Waals surface area contributed by atoms with Crippen LogP contribution in [0.15, 0.2) is 12.1 Å². The van der Waals surface area contributed by atoms with Gasteiger partial charge in [0.15, 0.2) is 0 Å². The first kappa shape index (κ1) is 8.55. The highest BCUT2D eigenvalue weighted by atomic mass is 16.5. The van der Waals surface area contributed by atoms with Gasteiger partial charge in [-0.2, -0.15) is 0 Å². The first-order valence-electron chi connectivity index (χ1n) is 3.92. The van der Waals surface area contributed by atoms with Crippen molar-refractivity contribution in [1.82, 2.24) is 0 Å². The third kappa shape index (κ3) is 1.19. The van der Waals surface area contributed by atoms with Crippen LogP contribution >= 0.6 is 0 Å². The second-order valence-electron chi connectivity index (χ2n) is 2.97. The summed E-state index contributed by atoms with van der Waals surface area (Å²) in [4.78, 5) is 10.9. The number of phenols is 2. The second kappa shape index (κ2) is 2.73. The van der Waals surface area contributed by atoms with Gasteiger partial charge in [-0.05, 0) is 0 Å². The lowest BCUT2D eigenvalue weighted by Gasteiger charge is -2.17. The molecule has 0 spiro atoms. The smallest absolute Gasteiger partial charge is 0.317 e. The van der Waals surface area contributed by atoms with Crippen molar-refractivity contribution >= 4 is 11.7 Å². The Kier molecular flexibility index (Phi) is 1.67. The Morgan fingerprint density at radius 1 is 1.36 bits per heavy atom. The van der Waals surface area contributed by atoms with Gasteiger partial charge in [0.25, 0.3) is 0 Å². The van der Waals surface area contributed by atoms with Crippen LogP contribution in [0.4, 0.5) is 0 Å². The summed E-state index contributed by atoms with van der Waals surface area (Å²) in [5.74, 6) is -0.988. The van der Waals surface area contributed by atoms with Crippen LogP contribution in [0.2, 0.25) is 0 Å². The Morgan fingerprint density at radius 2 is 2.07 bits per heavy atom. The number of hydrogen-bond acceptors (Lipinski definition) is 5. The summed E-state index contributed by atoms with van der Waals surface area (Å²) in [5.41, 5.74) is 0.163. The second-order valence-corrected chi connectivity index (χ2v) is 2.97. The molecule has 0 radical (unpaired) electrons. The average molecular weight is 193 g/mol. The van der Waals surface area contributed by atoms with Gasteiger partial charge < -0.3 is 20.4 Å². The molecule has 0 amide bonds. The maximum Gasteiger partial charge on any atom is 0.317 e. The molecule has 0 saturated heterocycles. The molecule has 1 aromatic carbocycles. The molecule has 1 aliphatic rings. The van der Waals surface area contributed by atoms with Gasteiger partial charge in [-0.25, -0.2) is 0 Å². The molecule has 1 aromatic rings. The zero-order valence-electron chi connectivity index (χ0n) is 7.07. The molecular formula is C9H7NO4. The molecule has 0 unspecified atom stereocenters. The Hall–Kier alpha value is -2.04. The van der Waals surface area contributed by atoms with Gasteiger partial charge in [0.05, 0.1) is 17.7 Å². The van der Waals surface area contributed by atoms with E-state index >= 15 is 0 Å². The van der Waals surface area contributed by atoms with Gasteiger partial charge in [-0.15, -0.1) is 0 Å². The fourth-order valence-electron chi connectivity index (χ4n) is 1.36. The maximum atomic E-state index is 10.9. The third-order valence-electron chi connectivity index (χ3n) is 1.91. The maximum absolute atomic E-state index is 10.9. The lowest BCUT2D eigenvalue weighted by atomic mass is 10.0. The summed E-state index contributed by atoms with van der Waals surface area (Å²) in [5, 5.41) is 26.0. The van der Waals surface area contributed by atoms with E-state index in [-0.39, 0.29) is 34.9 Å². The van der Waals surface area contributed by atoms with Crippen LogP contribution in [0.1, 0.15) is 12.0 Å². The molecule has 0 aromatic heterocycles. The molecule has 5 nitrogen and oxygen atoms in total. The predicted molar refractivity (Wildman–Crippen MR) is 46.9 cm³/mol. The van der Waals surface area contributed by atoms with Crippen molar-refractivity contribution in [3.05, 3.63) is 17.7 Å². The summed E-state index contributed by atoms with van der Waals surface area (Å²) in [7, 11) is 0. The molecule has 0 atom stereocenters. The van der Waals surface area contributed by atoms with Crippen LogP contribution in [0.25, 0.3) is 0 Å². The largest absolute Gasteiger partial charge is 0.508 e. The van der Waals surface area contributed by atoms with Gasteiger partial charge >= 0.3 is 5.97 Å². The first-order valence-corrected chi connectivity index (χ1v) is 3.92. The number of fused-ring (bicyclic) bond motifs is 1. The fourth-order valence-corrected chi connectivity index (χ4v) is 1.36. The summed E-state index contributed by atoms with van der Waals surface area (Å²) >= 11 is 0. The first-order chi connectivity index (χ1) is 6.58. The molecular weight excluding hydrogens is 186 g/mol. The zero-order valence-corrected chi connectivity index (χ0v) is 7.07. The van der Waals surface area contributed by atoms with E-state index < -0.39 is 5.97 Å². The number of carbonyl (C=O) groups is 1. The Bertz CT molecular complexity index is 439. The quantitative estimate of drug-likeness (QED) is 0.419. The Labute approximate surface area is 79.1 Å². The molecule has 14 heavy (non-hydrogen) atoms. The van der Waals surface area contributed by atoms with E-state index in [1.54, 1.807) is 0 Å². The van der Waals surface area contributed by atoms with E-state index in [2.05, 4.69) is 0 Å². The van der Waals surface area contributed by atoms with Gasteiger partial charge in [-0.3, -0.25) is 4.79 Å². The standard InChI is InChI=1S/C9H7NO4/c10-5-3-8(13)14-7-2-4(11)1-6(12)9(5)7/h1-2,10-12H,3H2. The van der Waals surface area contributed by atoms with Crippen LogP contribution in [-0.2, 0) is 4.79 Å². The van der Waals surface area contributed by atoms with Gasteiger partial charge in [0, 0.05) is 12.1 Å². The molecule has 0 fully saturated rings. The SMILES string of the molecule is N=C1CC(=O)Oc2cc(O)cc(O)c21. The molecule has 0 saturated carbocycles. The lowest BCUT2D eigenvalue weighted by Crippen LogP contribution is -2.21. The minimum Gasteiger partial charge on any atom is -0.508 e. The van der Waals surface area contributed by atoms with Crippen molar-refractivity contribution in [2.24, 2.45) is 0 Å². The predicted octanol–water partition coefficient (Wildman–Crippen LogP) is 0.775. The van der Waals surface area contributed by atoms with Crippen molar-refractivity contribution < 1.29 is 19.7 Å². The number of carbonyl (C=O) groups excluding carboxylic acids is 1. The van der Waals surface area contributed by atoms with E-state index in [0.29, 0.717) is 0 Å². The molecule has 72 valence electrons.